The average molecular weight is 394 g/mol. The molecular weight excluding hydrogens is 381 g/mol. The molecular formula is C17H13Cl2N3O2S. The molecule has 3 rings (SSSR count). The van der Waals surface area contributed by atoms with Crippen molar-refractivity contribution >= 4 is 46.7 Å². The van der Waals surface area contributed by atoms with Crippen molar-refractivity contribution < 1.29 is 9.21 Å². The van der Waals surface area contributed by atoms with E-state index in [-0.39, 0.29) is 12.3 Å². The Morgan fingerprint density at radius 3 is 2.96 bits per heavy atom. The number of furan rings is 1. The van der Waals surface area contributed by atoms with E-state index in [0.29, 0.717) is 27.1 Å². The van der Waals surface area contributed by atoms with Crippen LogP contribution in [0.1, 0.15) is 16.5 Å². The molecule has 0 fully saturated rings. The zero-order chi connectivity index (χ0) is 17.8. The largest absolute Gasteiger partial charge is 0.455 e. The molecule has 0 unspecified atom stereocenters. The van der Waals surface area contributed by atoms with Crippen LogP contribution in [-0.2, 0) is 11.2 Å². The van der Waals surface area contributed by atoms with Crippen molar-refractivity contribution in [3.63, 3.8) is 0 Å². The highest BCUT2D eigenvalue weighted by molar-refractivity contribution is 7.09. The van der Waals surface area contributed by atoms with E-state index in [1.54, 1.807) is 24.3 Å². The third-order valence-corrected chi connectivity index (χ3v) is 4.99. The van der Waals surface area contributed by atoms with Gasteiger partial charge < -0.3 is 4.42 Å². The summed E-state index contributed by atoms with van der Waals surface area (Å²) in [5.41, 5.74) is 4.04. The van der Waals surface area contributed by atoms with E-state index in [9.17, 15) is 4.79 Å². The number of hydrazone groups is 1. The number of nitrogens with zero attached hydrogens (tertiary/aromatic N) is 2. The van der Waals surface area contributed by atoms with Crippen LogP contribution in [0, 0.1) is 6.92 Å². The summed E-state index contributed by atoms with van der Waals surface area (Å²) in [6.45, 7) is 1.89. The number of nitrogens with one attached hydrogen (secondary N) is 1. The molecule has 0 spiro atoms. The zero-order valence-electron chi connectivity index (χ0n) is 13.1. The van der Waals surface area contributed by atoms with Crippen molar-refractivity contribution in [2.24, 2.45) is 5.10 Å². The number of amides is 1. The number of aromatic nitrogens is 1. The van der Waals surface area contributed by atoms with Gasteiger partial charge in [-0.1, -0.05) is 29.3 Å². The Bertz CT molecular complexity index is 934. The first kappa shape index (κ1) is 17.7. The fraction of sp³-hybridized carbons (Fsp3) is 0.118. The quantitative estimate of drug-likeness (QED) is 0.503. The normalized spacial score (nSPS) is 11.2. The lowest BCUT2D eigenvalue weighted by Crippen LogP contribution is -2.19. The predicted octanol–water partition coefficient (Wildman–Crippen LogP) is 4.71. The summed E-state index contributed by atoms with van der Waals surface area (Å²) in [6, 6.07) is 8.80. The second kappa shape index (κ2) is 7.82. The number of carbonyl (C=O) groups excluding carboxylic acids is 1. The summed E-state index contributed by atoms with van der Waals surface area (Å²) in [4.78, 5) is 16.0. The molecule has 1 amide bonds. The van der Waals surface area contributed by atoms with E-state index in [1.807, 2.05) is 18.4 Å². The molecule has 0 saturated carbocycles. The molecule has 128 valence electrons. The topological polar surface area (TPSA) is 67.5 Å². The molecule has 8 heteroatoms. The first-order valence-corrected chi connectivity index (χ1v) is 8.93. The molecule has 0 aliphatic rings. The Morgan fingerprint density at radius 2 is 2.20 bits per heavy atom. The molecule has 3 aromatic rings. The number of rotatable bonds is 5. The number of hydrogen-bond acceptors (Lipinski definition) is 5. The molecule has 25 heavy (non-hydrogen) atoms. The third-order valence-electron chi connectivity index (χ3n) is 3.20. The highest BCUT2D eigenvalue weighted by Gasteiger charge is 2.10. The van der Waals surface area contributed by atoms with Crippen LogP contribution in [-0.4, -0.2) is 17.1 Å². The van der Waals surface area contributed by atoms with Crippen molar-refractivity contribution in [3.05, 3.63) is 62.2 Å². The van der Waals surface area contributed by atoms with Crippen LogP contribution >= 0.6 is 34.5 Å². The Morgan fingerprint density at radius 1 is 1.36 bits per heavy atom. The fourth-order valence-electron chi connectivity index (χ4n) is 2.09. The standard InChI is InChI=1S/C17H13Cl2N3O2S/c1-10-9-25-16(21-10)7-15(23)22-20-8-11-5-6-14(24-11)12-3-2-4-13(18)17(12)19/h2-6,8-9H,7H2,1H3,(H,22,23)/b20-8-. The Hall–Kier alpha value is -2.15. The molecule has 0 bridgehead atoms. The second-order valence-electron chi connectivity index (χ2n) is 5.16. The number of halogens is 2. The third kappa shape index (κ3) is 4.48. The van der Waals surface area contributed by atoms with E-state index >= 15 is 0 Å². The lowest BCUT2D eigenvalue weighted by molar-refractivity contribution is -0.120. The predicted molar refractivity (Wildman–Crippen MR) is 100 cm³/mol. The Labute approximate surface area is 158 Å². The number of thiazole rings is 1. The van der Waals surface area contributed by atoms with Crippen LogP contribution in [0.5, 0.6) is 0 Å². The van der Waals surface area contributed by atoms with Gasteiger partial charge in [-0.2, -0.15) is 5.10 Å². The van der Waals surface area contributed by atoms with Crippen molar-refractivity contribution in [1.82, 2.24) is 10.4 Å². The van der Waals surface area contributed by atoms with Gasteiger partial charge in [0.05, 0.1) is 22.7 Å². The molecule has 1 aromatic carbocycles. The summed E-state index contributed by atoms with van der Waals surface area (Å²) < 4.78 is 5.65. The minimum absolute atomic E-state index is 0.192. The second-order valence-corrected chi connectivity index (χ2v) is 6.88. The summed E-state index contributed by atoms with van der Waals surface area (Å²) in [5.74, 6) is 0.810. The van der Waals surface area contributed by atoms with Crippen LogP contribution < -0.4 is 5.43 Å². The smallest absolute Gasteiger partial charge is 0.246 e. The highest BCUT2D eigenvalue weighted by atomic mass is 35.5. The summed E-state index contributed by atoms with van der Waals surface area (Å²) in [6.07, 6.45) is 1.62. The van der Waals surface area contributed by atoms with E-state index in [2.05, 4.69) is 15.5 Å². The number of hydrogen-bond donors (Lipinski definition) is 1. The lowest BCUT2D eigenvalue weighted by Gasteiger charge is -2.01. The Kier molecular flexibility index (Phi) is 5.53. The maximum absolute atomic E-state index is 11.8. The molecule has 2 aromatic heterocycles. The van der Waals surface area contributed by atoms with E-state index < -0.39 is 0 Å². The SMILES string of the molecule is Cc1csc(CC(=O)N/N=C\c2ccc(-c3cccc(Cl)c3Cl)o2)n1. The van der Waals surface area contributed by atoms with E-state index in [1.165, 1.54) is 17.6 Å². The van der Waals surface area contributed by atoms with Crippen LogP contribution in [0.2, 0.25) is 10.0 Å². The van der Waals surface area contributed by atoms with Gasteiger partial charge in [0, 0.05) is 16.6 Å². The first-order chi connectivity index (χ1) is 12.0. The van der Waals surface area contributed by atoms with Crippen molar-refractivity contribution in [3.8, 4) is 11.3 Å². The summed E-state index contributed by atoms with van der Waals surface area (Å²) in [5, 5.41) is 7.42. The highest BCUT2D eigenvalue weighted by Crippen LogP contribution is 2.34. The Balaban J connectivity index is 1.62. The van der Waals surface area contributed by atoms with Gasteiger partial charge in [-0.3, -0.25) is 4.79 Å². The van der Waals surface area contributed by atoms with Gasteiger partial charge in [0.25, 0.3) is 0 Å². The first-order valence-electron chi connectivity index (χ1n) is 7.30. The molecule has 1 N–H and O–H groups in total. The van der Waals surface area contributed by atoms with E-state index in [4.69, 9.17) is 27.6 Å². The van der Waals surface area contributed by atoms with Gasteiger partial charge >= 0.3 is 0 Å². The van der Waals surface area contributed by atoms with E-state index in [0.717, 1.165) is 10.7 Å². The maximum atomic E-state index is 11.8. The minimum atomic E-state index is -0.240. The van der Waals surface area contributed by atoms with Gasteiger partial charge in [0.2, 0.25) is 5.91 Å². The van der Waals surface area contributed by atoms with Gasteiger partial charge in [0.1, 0.15) is 16.5 Å². The molecule has 0 radical (unpaired) electrons. The average Bonchev–Trinajstić information content (AvgIpc) is 3.19. The molecule has 0 atom stereocenters. The monoisotopic (exact) mass is 393 g/mol. The molecule has 0 aliphatic carbocycles. The van der Waals surface area contributed by atoms with Gasteiger partial charge in [-0.15, -0.1) is 11.3 Å². The fourth-order valence-corrected chi connectivity index (χ4v) is 3.25. The number of aryl methyl sites for hydroxylation is 1. The van der Waals surface area contributed by atoms with Gasteiger partial charge in [-0.05, 0) is 31.2 Å². The molecule has 2 heterocycles. The zero-order valence-corrected chi connectivity index (χ0v) is 15.5. The van der Waals surface area contributed by atoms with Crippen LogP contribution in [0.25, 0.3) is 11.3 Å². The minimum Gasteiger partial charge on any atom is -0.455 e. The lowest BCUT2D eigenvalue weighted by atomic mass is 10.2. The van der Waals surface area contributed by atoms with Crippen molar-refractivity contribution in [2.45, 2.75) is 13.3 Å². The summed E-state index contributed by atoms with van der Waals surface area (Å²) >= 11 is 13.6. The maximum Gasteiger partial charge on any atom is 0.246 e. The van der Waals surface area contributed by atoms with Gasteiger partial charge in [0.15, 0.2) is 0 Å². The molecule has 5 nitrogen and oxygen atoms in total. The molecule has 0 aliphatic heterocycles. The van der Waals surface area contributed by atoms with Crippen LogP contribution in [0.3, 0.4) is 0 Å². The van der Waals surface area contributed by atoms with Crippen LogP contribution in [0.15, 0.2) is 45.2 Å². The van der Waals surface area contributed by atoms with Crippen molar-refractivity contribution in [2.75, 3.05) is 0 Å². The molecule has 0 saturated heterocycles. The van der Waals surface area contributed by atoms with Gasteiger partial charge in [-0.25, -0.2) is 10.4 Å². The van der Waals surface area contributed by atoms with Crippen molar-refractivity contribution in [1.29, 1.82) is 0 Å². The van der Waals surface area contributed by atoms with Crippen LogP contribution in [0.4, 0.5) is 0 Å². The number of benzene rings is 1. The number of carbonyl (C=O) groups is 1. The summed E-state index contributed by atoms with van der Waals surface area (Å²) in [7, 11) is 0.